The van der Waals surface area contributed by atoms with Crippen LogP contribution in [0.1, 0.15) is 32.6 Å². The number of carboxylic acid groups (broad SMARTS) is 1. The zero-order chi connectivity index (χ0) is 14.0. The molecular formula is C11H19NO4S2. The normalized spacial score (nSPS) is 12.1. The summed E-state index contributed by atoms with van der Waals surface area (Å²) in [6, 6.07) is -0.650. The van der Waals surface area contributed by atoms with Crippen LogP contribution in [0, 0.1) is 0 Å². The lowest BCUT2D eigenvalue weighted by Gasteiger charge is -2.08. The predicted molar refractivity (Wildman–Crippen MR) is 74.7 cm³/mol. The fourth-order valence-electron chi connectivity index (χ4n) is 1.09. The van der Waals surface area contributed by atoms with Gasteiger partial charge < -0.3 is 10.8 Å². The van der Waals surface area contributed by atoms with Gasteiger partial charge in [0.2, 0.25) is 0 Å². The number of rotatable bonds is 11. The van der Waals surface area contributed by atoms with Crippen molar-refractivity contribution < 1.29 is 19.5 Å². The highest BCUT2D eigenvalue weighted by atomic mass is 33.1. The molecule has 0 aromatic rings. The summed E-state index contributed by atoms with van der Waals surface area (Å²) in [5.74, 6) is -0.217. The van der Waals surface area contributed by atoms with E-state index in [2.05, 4.69) is 0 Å². The van der Waals surface area contributed by atoms with Crippen LogP contribution in [0.15, 0.2) is 0 Å². The molecule has 0 radical (unpaired) electrons. The quantitative estimate of drug-likeness (QED) is 0.440. The number of nitrogens with two attached hydrogens (primary N) is 1. The van der Waals surface area contributed by atoms with Gasteiger partial charge in [-0.25, -0.2) is 0 Å². The van der Waals surface area contributed by atoms with Gasteiger partial charge in [0.25, 0.3) is 0 Å². The van der Waals surface area contributed by atoms with E-state index in [0.717, 1.165) is 6.42 Å². The largest absolute Gasteiger partial charge is 0.481 e. The highest BCUT2D eigenvalue weighted by Crippen LogP contribution is 2.22. The van der Waals surface area contributed by atoms with Crippen molar-refractivity contribution in [1.29, 1.82) is 0 Å². The summed E-state index contributed by atoms with van der Waals surface area (Å²) in [6.45, 7) is 1.95. The number of carbonyl (C=O) groups is 3. The van der Waals surface area contributed by atoms with E-state index in [1.807, 2.05) is 6.92 Å². The van der Waals surface area contributed by atoms with Gasteiger partial charge in [0.05, 0.1) is 18.2 Å². The zero-order valence-electron chi connectivity index (χ0n) is 10.4. The monoisotopic (exact) mass is 293 g/mol. The van der Waals surface area contributed by atoms with Crippen LogP contribution in [-0.4, -0.2) is 40.2 Å². The van der Waals surface area contributed by atoms with Crippen LogP contribution >= 0.6 is 21.6 Å². The maximum atomic E-state index is 11.4. The van der Waals surface area contributed by atoms with Gasteiger partial charge in [0.15, 0.2) is 5.78 Å². The Hall–Kier alpha value is -0.530. The molecule has 18 heavy (non-hydrogen) atoms. The second-order valence-corrected chi connectivity index (χ2v) is 6.31. The lowest BCUT2D eigenvalue weighted by molar-refractivity contribution is -0.138. The Bertz CT molecular complexity index is 297. The molecule has 1 atom stereocenters. The second kappa shape index (κ2) is 10.4. The summed E-state index contributed by atoms with van der Waals surface area (Å²) in [5.41, 5.74) is 5.62. The highest BCUT2D eigenvalue weighted by Gasteiger charge is 2.15. The Morgan fingerprint density at radius 3 is 2.39 bits per heavy atom. The molecule has 0 spiro atoms. The Balaban J connectivity index is 3.63. The van der Waals surface area contributed by atoms with Gasteiger partial charge in [-0.3, -0.25) is 14.4 Å². The summed E-state index contributed by atoms with van der Waals surface area (Å²) in [5, 5.41) is 8.43. The molecule has 0 rings (SSSR count). The Morgan fingerprint density at radius 2 is 1.83 bits per heavy atom. The molecule has 5 nitrogen and oxygen atoms in total. The van der Waals surface area contributed by atoms with Crippen LogP contribution in [0.4, 0.5) is 0 Å². The molecule has 0 aromatic carbocycles. The number of hydrogen-bond donors (Lipinski definition) is 2. The first-order valence-corrected chi connectivity index (χ1v) is 8.22. The fourth-order valence-corrected chi connectivity index (χ4v) is 3.25. The minimum absolute atomic E-state index is 0.0313. The molecule has 0 aromatic heterocycles. The smallest absolute Gasteiger partial charge is 0.303 e. The van der Waals surface area contributed by atoms with Gasteiger partial charge in [0, 0.05) is 18.6 Å². The van der Waals surface area contributed by atoms with Crippen molar-refractivity contribution in [2.24, 2.45) is 5.73 Å². The fraction of sp³-hybridized carbons (Fsp3) is 0.727. The molecule has 0 unspecified atom stereocenters. The number of carboxylic acids is 1. The average Bonchev–Trinajstić information content (AvgIpc) is 2.31. The summed E-state index contributed by atoms with van der Waals surface area (Å²) in [6.07, 6.45) is 1.21. The minimum atomic E-state index is -0.997. The first-order chi connectivity index (χ1) is 8.47. The molecule has 0 heterocycles. The molecule has 0 aliphatic carbocycles. The number of hydrogen-bond acceptors (Lipinski definition) is 6. The molecule has 7 heteroatoms. The van der Waals surface area contributed by atoms with Crippen molar-refractivity contribution in [3.63, 3.8) is 0 Å². The maximum absolute atomic E-state index is 11.4. The topological polar surface area (TPSA) is 97.5 Å². The molecule has 0 bridgehead atoms. The standard InChI is InChI=1S/C11H19NO4S2/c1-2-3-8(13)6-17-18-7-9(12)10(14)4-5-11(15)16/h9H,2-7,12H2,1H3,(H,15,16)/t9-/m0/s1. The van der Waals surface area contributed by atoms with Crippen molar-refractivity contribution in [2.45, 2.75) is 38.6 Å². The van der Waals surface area contributed by atoms with E-state index in [9.17, 15) is 14.4 Å². The molecule has 0 aliphatic heterocycles. The van der Waals surface area contributed by atoms with E-state index in [4.69, 9.17) is 10.8 Å². The molecule has 0 aliphatic rings. The van der Waals surface area contributed by atoms with E-state index in [-0.39, 0.29) is 24.4 Å². The van der Waals surface area contributed by atoms with Crippen LogP contribution in [0.3, 0.4) is 0 Å². The van der Waals surface area contributed by atoms with Crippen molar-refractivity contribution >= 4 is 39.1 Å². The van der Waals surface area contributed by atoms with Crippen molar-refractivity contribution in [2.75, 3.05) is 11.5 Å². The van der Waals surface area contributed by atoms with Gasteiger partial charge in [-0.15, -0.1) is 0 Å². The highest BCUT2D eigenvalue weighted by molar-refractivity contribution is 8.76. The van der Waals surface area contributed by atoms with E-state index in [1.54, 1.807) is 0 Å². The van der Waals surface area contributed by atoms with Gasteiger partial charge in [-0.2, -0.15) is 0 Å². The second-order valence-electron chi connectivity index (χ2n) is 3.80. The van der Waals surface area contributed by atoms with Crippen molar-refractivity contribution in [1.82, 2.24) is 0 Å². The number of ketones is 2. The van der Waals surface area contributed by atoms with Crippen LogP contribution < -0.4 is 5.73 Å². The number of carbonyl (C=O) groups excluding carboxylic acids is 2. The molecule has 0 amide bonds. The van der Waals surface area contributed by atoms with Crippen molar-refractivity contribution in [3.8, 4) is 0 Å². The van der Waals surface area contributed by atoms with Gasteiger partial charge in [-0.05, 0) is 6.42 Å². The predicted octanol–water partition coefficient (Wildman–Crippen LogP) is 1.50. The molecule has 0 fully saturated rings. The summed E-state index contributed by atoms with van der Waals surface area (Å²) < 4.78 is 0. The zero-order valence-corrected chi connectivity index (χ0v) is 12.0. The third-order valence-corrected chi connectivity index (χ3v) is 4.44. The number of Topliss-reactive ketones (excluding diaryl/α,β-unsaturated/α-hetero) is 2. The van der Waals surface area contributed by atoms with E-state index in [0.29, 0.717) is 17.9 Å². The molecule has 104 valence electrons. The molecule has 3 N–H and O–H groups in total. The first kappa shape index (κ1) is 17.5. The Labute approximate surface area is 115 Å². The molecule has 0 saturated carbocycles. The first-order valence-electron chi connectivity index (χ1n) is 5.73. The third-order valence-electron chi connectivity index (χ3n) is 2.08. The summed E-state index contributed by atoms with van der Waals surface area (Å²) in [4.78, 5) is 32.9. The number of aliphatic carboxylic acids is 1. The van der Waals surface area contributed by atoms with Gasteiger partial charge in [0.1, 0.15) is 5.78 Å². The van der Waals surface area contributed by atoms with Crippen molar-refractivity contribution in [3.05, 3.63) is 0 Å². The minimum Gasteiger partial charge on any atom is -0.481 e. The van der Waals surface area contributed by atoms with Crippen LogP contribution in [0.25, 0.3) is 0 Å². The van der Waals surface area contributed by atoms with Crippen LogP contribution in [0.5, 0.6) is 0 Å². The molecule has 0 saturated heterocycles. The maximum Gasteiger partial charge on any atom is 0.303 e. The van der Waals surface area contributed by atoms with E-state index in [1.165, 1.54) is 21.6 Å². The summed E-state index contributed by atoms with van der Waals surface area (Å²) >= 11 is 0. The van der Waals surface area contributed by atoms with Crippen LogP contribution in [0.2, 0.25) is 0 Å². The lowest BCUT2D eigenvalue weighted by Crippen LogP contribution is -2.32. The van der Waals surface area contributed by atoms with Gasteiger partial charge in [-0.1, -0.05) is 28.5 Å². The van der Waals surface area contributed by atoms with E-state index >= 15 is 0 Å². The average molecular weight is 293 g/mol. The molecular weight excluding hydrogens is 274 g/mol. The SMILES string of the molecule is CCCC(=O)CSSC[C@H](N)C(=O)CCC(=O)O. The summed E-state index contributed by atoms with van der Waals surface area (Å²) in [7, 11) is 2.77. The Morgan fingerprint density at radius 1 is 1.17 bits per heavy atom. The van der Waals surface area contributed by atoms with Gasteiger partial charge >= 0.3 is 5.97 Å². The van der Waals surface area contributed by atoms with E-state index < -0.39 is 12.0 Å². The lowest BCUT2D eigenvalue weighted by atomic mass is 10.1. The third kappa shape index (κ3) is 9.49. The van der Waals surface area contributed by atoms with Crippen LogP contribution in [-0.2, 0) is 14.4 Å². The Kier molecular flexibility index (Phi) is 10.1.